The number of ether oxygens (including phenoxy) is 1. The summed E-state index contributed by atoms with van der Waals surface area (Å²) in [5.41, 5.74) is 2.13. The maximum Gasteiger partial charge on any atom is 0.350 e. The fourth-order valence-electron chi connectivity index (χ4n) is 4.29. The summed E-state index contributed by atoms with van der Waals surface area (Å²) >= 11 is 0.928. The molecule has 9 heteroatoms. The first kappa shape index (κ1) is 23.6. The van der Waals surface area contributed by atoms with Crippen LogP contribution in [0, 0.1) is 26.6 Å². The molecule has 5 rings (SSSR count). The van der Waals surface area contributed by atoms with Crippen LogP contribution in [0.4, 0.5) is 9.52 Å². The fraction of sp³-hybridized carbons (Fsp3) is 0.185. The Hall–Kier alpha value is -4.11. The number of halogens is 1. The second-order valence-electron chi connectivity index (χ2n) is 8.50. The molecular weight excluding hydrogens is 483 g/mol. The Balaban J connectivity index is 1.75. The van der Waals surface area contributed by atoms with E-state index in [2.05, 4.69) is 11.6 Å². The lowest BCUT2D eigenvalue weighted by Gasteiger charge is -2.22. The van der Waals surface area contributed by atoms with Crippen molar-refractivity contribution in [2.24, 2.45) is 0 Å². The Bertz CT molecular complexity index is 1640. The zero-order valence-electron chi connectivity index (χ0n) is 19.8. The smallest absolute Gasteiger partial charge is 0.350 e. The van der Waals surface area contributed by atoms with Gasteiger partial charge in [0.1, 0.15) is 28.9 Å². The molecule has 0 aliphatic carbocycles. The minimum Gasteiger partial charge on any atom is -0.457 e. The molecule has 0 N–H and O–H groups in total. The number of esters is 1. The van der Waals surface area contributed by atoms with Crippen LogP contribution in [0.25, 0.3) is 11.0 Å². The number of thiazole rings is 1. The third-order valence-electron chi connectivity index (χ3n) is 6.20. The Morgan fingerprint density at radius 3 is 2.67 bits per heavy atom. The van der Waals surface area contributed by atoms with Crippen LogP contribution in [-0.2, 0) is 4.74 Å². The van der Waals surface area contributed by atoms with Crippen LogP contribution in [0.5, 0.6) is 0 Å². The normalized spacial score (nSPS) is 14.8. The molecule has 0 saturated carbocycles. The third kappa shape index (κ3) is 3.63. The highest BCUT2D eigenvalue weighted by atomic mass is 32.1. The van der Waals surface area contributed by atoms with Crippen LogP contribution in [0.15, 0.2) is 58.3 Å². The van der Waals surface area contributed by atoms with Crippen molar-refractivity contribution in [2.45, 2.75) is 26.8 Å². The summed E-state index contributed by atoms with van der Waals surface area (Å²) in [5, 5.41) is 0.426. The van der Waals surface area contributed by atoms with Crippen molar-refractivity contribution in [1.29, 1.82) is 0 Å². The van der Waals surface area contributed by atoms with Gasteiger partial charge in [-0.15, -0.1) is 0 Å². The summed E-state index contributed by atoms with van der Waals surface area (Å²) < 4.78 is 26.2. The zero-order valence-corrected chi connectivity index (χ0v) is 20.6. The first-order valence-electron chi connectivity index (χ1n) is 11.1. The molecule has 1 aliphatic heterocycles. The summed E-state index contributed by atoms with van der Waals surface area (Å²) in [7, 11) is 0. The number of hydrogen-bond acceptors (Lipinski definition) is 7. The van der Waals surface area contributed by atoms with Crippen molar-refractivity contribution in [1.82, 2.24) is 4.98 Å². The van der Waals surface area contributed by atoms with Gasteiger partial charge in [0.25, 0.3) is 5.91 Å². The van der Waals surface area contributed by atoms with Gasteiger partial charge in [-0.3, -0.25) is 14.5 Å². The molecule has 0 bridgehead atoms. The Morgan fingerprint density at radius 1 is 1.22 bits per heavy atom. The standard InChI is InChI=1S/C27H21FN2O5S/c1-5-10-34-26(33)24-15(4)29-27(36-24)30-21(16-8-6-7-9-18(16)28)20-22(31)17-11-13(2)14(3)12-19(17)35-23(20)25(30)32/h5-9,11-12,21H,1,10H2,2-4H3. The van der Waals surface area contributed by atoms with Crippen LogP contribution in [0.2, 0.25) is 0 Å². The van der Waals surface area contributed by atoms with Gasteiger partial charge in [0.15, 0.2) is 10.6 Å². The molecule has 0 spiro atoms. The van der Waals surface area contributed by atoms with Gasteiger partial charge < -0.3 is 9.15 Å². The fourth-order valence-corrected chi connectivity index (χ4v) is 5.28. The van der Waals surface area contributed by atoms with Gasteiger partial charge in [-0.05, 0) is 50.1 Å². The summed E-state index contributed by atoms with van der Waals surface area (Å²) in [6, 6.07) is 8.22. The van der Waals surface area contributed by atoms with Crippen LogP contribution >= 0.6 is 11.3 Å². The number of rotatable bonds is 5. The van der Waals surface area contributed by atoms with Gasteiger partial charge in [-0.25, -0.2) is 14.2 Å². The summed E-state index contributed by atoms with van der Waals surface area (Å²) in [6.45, 7) is 8.90. The van der Waals surface area contributed by atoms with Gasteiger partial charge in [-0.2, -0.15) is 0 Å². The molecule has 2 aromatic heterocycles. The lowest BCUT2D eigenvalue weighted by atomic mass is 9.97. The van der Waals surface area contributed by atoms with E-state index in [1.807, 2.05) is 13.8 Å². The highest BCUT2D eigenvalue weighted by Gasteiger charge is 2.46. The lowest BCUT2D eigenvalue weighted by Crippen LogP contribution is -2.30. The molecule has 3 heterocycles. The predicted octanol–water partition coefficient (Wildman–Crippen LogP) is 5.41. The molecule has 36 heavy (non-hydrogen) atoms. The number of nitrogens with zero attached hydrogens (tertiary/aromatic N) is 2. The molecule has 1 aliphatic rings. The number of aryl methyl sites for hydroxylation is 3. The Labute approximate surface area is 209 Å². The highest BCUT2D eigenvalue weighted by Crippen LogP contribution is 2.44. The first-order valence-corrected chi connectivity index (χ1v) is 12.0. The maximum absolute atomic E-state index is 15.1. The van der Waals surface area contributed by atoms with Crippen LogP contribution in [0.3, 0.4) is 0 Å². The number of carbonyl (C=O) groups is 2. The number of amides is 1. The molecule has 7 nitrogen and oxygen atoms in total. The van der Waals surface area contributed by atoms with Crippen molar-refractivity contribution >= 4 is 39.3 Å². The number of hydrogen-bond donors (Lipinski definition) is 0. The quantitative estimate of drug-likeness (QED) is 0.267. The first-order chi connectivity index (χ1) is 17.2. The minimum absolute atomic E-state index is 0.0152. The molecule has 1 unspecified atom stereocenters. The molecule has 1 amide bonds. The zero-order chi connectivity index (χ0) is 25.7. The summed E-state index contributed by atoms with van der Waals surface area (Å²) in [5.74, 6) is -2.02. The maximum atomic E-state index is 15.1. The van der Waals surface area contributed by atoms with Crippen molar-refractivity contribution in [3.05, 3.63) is 104 Å². The molecule has 182 valence electrons. The van der Waals surface area contributed by atoms with Crippen LogP contribution in [0.1, 0.15) is 54.2 Å². The van der Waals surface area contributed by atoms with E-state index in [9.17, 15) is 14.4 Å². The molecular formula is C27H21FN2O5S. The van der Waals surface area contributed by atoms with Crippen molar-refractivity contribution in [3.63, 3.8) is 0 Å². The van der Waals surface area contributed by atoms with E-state index in [4.69, 9.17) is 9.15 Å². The van der Waals surface area contributed by atoms with Gasteiger partial charge >= 0.3 is 5.97 Å². The van der Waals surface area contributed by atoms with Crippen molar-refractivity contribution in [2.75, 3.05) is 11.5 Å². The van der Waals surface area contributed by atoms with E-state index >= 15 is 4.39 Å². The highest BCUT2D eigenvalue weighted by molar-refractivity contribution is 7.17. The third-order valence-corrected chi connectivity index (χ3v) is 7.33. The van der Waals surface area contributed by atoms with Gasteiger partial charge in [0.2, 0.25) is 5.76 Å². The number of benzene rings is 2. The number of aromatic nitrogens is 1. The number of fused-ring (bicyclic) bond motifs is 2. The lowest BCUT2D eigenvalue weighted by molar-refractivity contribution is 0.0554. The molecule has 2 aromatic carbocycles. The summed E-state index contributed by atoms with van der Waals surface area (Å²) in [4.78, 5) is 45.8. The second-order valence-corrected chi connectivity index (χ2v) is 9.48. The average Bonchev–Trinajstić information content (AvgIpc) is 3.36. The SMILES string of the molecule is C=CCOC(=O)c1sc(N2C(=O)c3oc4cc(C)c(C)cc4c(=O)c3C2c2ccccc2F)nc1C. The van der Waals surface area contributed by atoms with Crippen molar-refractivity contribution in [3.8, 4) is 0 Å². The second kappa shape index (κ2) is 8.83. The monoisotopic (exact) mass is 504 g/mol. The molecule has 0 fully saturated rings. The van der Waals surface area contributed by atoms with E-state index in [-0.39, 0.29) is 39.1 Å². The minimum atomic E-state index is -1.13. The Morgan fingerprint density at radius 2 is 1.94 bits per heavy atom. The summed E-state index contributed by atoms with van der Waals surface area (Å²) in [6.07, 6.45) is 1.44. The van der Waals surface area contributed by atoms with Crippen molar-refractivity contribution < 1.29 is 23.1 Å². The van der Waals surface area contributed by atoms with Gasteiger partial charge in [-0.1, -0.05) is 42.2 Å². The topological polar surface area (TPSA) is 89.7 Å². The van der Waals surface area contributed by atoms with E-state index in [1.54, 1.807) is 25.1 Å². The number of carbonyl (C=O) groups excluding carboxylic acids is 2. The van der Waals surface area contributed by atoms with E-state index < -0.39 is 29.2 Å². The van der Waals surface area contributed by atoms with E-state index in [0.29, 0.717) is 11.1 Å². The predicted molar refractivity (Wildman–Crippen MR) is 134 cm³/mol. The van der Waals surface area contributed by atoms with Crippen LogP contribution in [-0.4, -0.2) is 23.5 Å². The average molecular weight is 505 g/mol. The van der Waals surface area contributed by atoms with Gasteiger partial charge in [0.05, 0.1) is 16.6 Å². The van der Waals surface area contributed by atoms with Gasteiger partial charge in [0, 0.05) is 5.56 Å². The molecule has 1 atom stereocenters. The Kier molecular flexibility index (Phi) is 5.80. The van der Waals surface area contributed by atoms with E-state index in [0.717, 1.165) is 22.5 Å². The molecule has 4 aromatic rings. The largest absolute Gasteiger partial charge is 0.457 e. The molecule has 0 saturated heterocycles. The van der Waals surface area contributed by atoms with Crippen LogP contribution < -0.4 is 10.3 Å². The molecule has 0 radical (unpaired) electrons. The van der Waals surface area contributed by atoms with E-state index in [1.165, 1.54) is 29.2 Å². The number of anilines is 1.